The van der Waals surface area contributed by atoms with Gasteiger partial charge in [-0.2, -0.15) is 0 Å². The fourth-order valence-corrected chi connectivity index (χ4v) is 2.76. The summed E-state index contributed by atoms with van der Waals surface area (Å²) >= 11 is 0. The molecule has 1 atom stereocenters. The first-order valence-electron chi connectivity index (χ1n) is 6.75. The van der Waals surface area contributed by atoms with Crippen LogP contribution in [0, 0.1) is 5.92 Å². The number of hydrogen-bond donors (Lipinski definition) is 1. The third-order valence-corrected chi connectivity index (χ3v) is 3.44. The van der Waals surface area contributed by atoms with Crippen molar-refractivity contribution in [2.45, 2.75) is 39.2 Å². The van der Waals surface area contributed by atoms with Gasteiger partial charge in [0.2, 0.25) is 0 Å². The minimum atomic E-state index is 0.293. The van der Waals surface area contributed by atoms with Crippen LogP contribution in [0.2, 0.25) is 0 Å². The van der Waals surface area contributed by atoms with Crippen LogP contribution in [0.4, 0.5) is 5.69 Å². The standard InChI is InChI=1S/C15H24N2/c1-12(2)10-14(16)11-17-9-5-7-13-6-3-4-8-15(13)17/h3-4,6,8,12,14H,5,7,9-11,16H2,1-2H3. The second kappa shape index (κ2) is 5.54. The lowest BCUT2D eigenvalue weighted by molar-refractivity contribution is 0.484. The average Bonchev–Trinajstić information content (AvgIpc) is 2.28. The summed E-state index contributed by atoms with van der Waals surface area (Å²) in [5.41, 5.74) is 9.10. The molecule has 1 aromatic carbocycles. The van der Waals surface area contributed by atoms with E-state index in [1.54, 1.807) is 0 Å². The molecule has 0 amide bonds. The van der Waals surface area contributed by atoms with E-state index in [1.165, 1.54) is 24.1 Å². The first kappa shape index (κ1) is 12.4. The molecule has 2 heteroatoms. The number of fused-ring (bicyclic) bond motifs is 1. The summed E-state index contributed by atoms with van der Waals surface area (Å²) in [4.78, 5) is 2.46. The van der Waals surface area contributed by atoms with Gasteiger partial charge in [0, 0.05) is 24.8 Å². The van der Waals surface area contributed by atoms with Crippen molar-refractivity contribution >= 4 is 5.69 Å². The summed E-state index contributed by atoms with van der Waals surface area (Å²) in [5, 5.41) is 0. The summed E-state index contributed by atoms with van der Waals surface area (Å²) in [7, 11) is 0. The number of nitrogens with two attached hydrogens (primary N) is 1. The van der Waals surface area contributed by atoms with Gasteiger partial charge in [-0.05, 0) is 36.8 Å². The number of nitrogens with zero attached hydrogens (tertiary/aromatic N) is 1. The van der Waals surface area contributed by atoms with Crippen molar-refractivity contribution in [1.29, 1.82) is 0 Å². The molecule has 0 saturated carbocycles. The normalized spacial score (nSPS) is 17.1. The van der Waals surface area contributed by atoms with E-state index in [0.29, 0.717) is 12.0 Å². The molecule has 0 fully saturated rings. The molecule has 1 aromatic rings. The van der Waals surface area contributed by atoms with E-state index in [9.17, 15) is 0 Å². The molecule has 0 bridgehead atoms. The maximum absolute atomic E-state index is 6.22. The summed E-state index contributed by atoms with van der Waals surface area (Å²) in [5.74, 6) is 0.685. The zero-order valence-electron chi connectivity index (χ0n) is 11.0. The molecule has 1 aliphatic heterocycles. The van der Waals surface area contributed by atoms with E-state index in [4.69, 9.17) is 5.73 Å². The van der Waals surface area contributed by atoms with Crippen LogP contribution in [0.5, 0.6) is 0 Å². The van der Waals surface area contributed by atoms with Crippen molar-refractivity contribution < 1.29 is 0 Å². The minimum absolute atomic E-state index is 0.293. The van der Waals surface area contributed by atoms with Crippen LogP contribution >= 0.6 is 0 Å². The third-order valence-electron chi connectivity index (χ3n) is 3.44. The lowest BCUT2D eigenvalue weighted by atomic mass is 9.99. The Morgan fingerprint density at radius 2 is 2.06 bits per heavy atom. The summed E-state index contributed by atoms with van der Waals surface area (Å²) < 4.78 is 0. The fourth-order valence-electron chi connectivity index (χ4n) is 2.76. The molecule has 2 nitrogen and oxygen atoms in total. The Morgan fingerprint density at radius 3 is 2.82 bits per heavy atom. The molecule has 1 aliphatic rings. The van der Waals surface area contributed by atoms with Gasteiger partial charge in [0.05, 0.1) is 0 Å². The highest BCUT2D eigenvalue weighted by Gasteiger charge is 2.18. The van der Waals surface area contributed by atoms with Crippen molar-refractivity contribution in [1.82, 2.24) is 0 Å². The van der Waals surface area contributed by atoms with Crippen molar-refractivity contribution in [2.24, 2.45) is 11.7 Å². The largest absolute Gasteiger partial charge is 0.370 e. The Kier molecular flexibility index (Phi) is 4.06. The monoisotopic (exact) mass is 232 g/mol. The smallest absolute Gasteiger partial charge is 0.0399 e. The van der Waals surface area contributed by atoms with Crippen molar-refractivity contribution in [3.63, 3.8) is 0 Å². The van der Waals surface area contributed by atoms with Gasteiger partial charge in [-0.1, -0.05) is 32.0 Å². The lowest BCUT2D eigenvalue weighted by Gasteiger charge is -2.33. The van der Waals surface area contributed by atoms with Gasteiger partial charge in [0.15, 0.2) is 0 Å². The molecule has 0 radical (unpaired) electrons. The van der Waals surface area contributed by atoms with E-state index in [1.807, 2.05) is 0 Å². The Hall–Kier alpha value is -1.02. The quantitative estimate of drug-likeness (QED) is 0.865. The van der Waals surface area contributed by atoms with E-state index in [-0.39, 0.29) is 0 Å². The molecule has 2 rings (SSSR count). The van der Waals surface area contributed by atoms with Gasteiger partial charge in [-0.15, -0.1) is 0 Å². The summed E-state index contributed by atoms with van der Waals surface area (Å²) in [6.45, 7) is 6.63. The number of rotatable bonds is 4. The first-order valence-corrected chi connectivity index (χ1v) is 6.75. The first-order chi connectivity index (χ1) is 8.16. The van der Waals surface area contributed by atoms with Gasteiger partial charge in [0.25, 0.3) is 0 Å². The maximum Gasteiger partial charge on any atom is 0.0399 e. The molecule has 2 N–H and O–H groups in total. The number of hydrogen-bond acceptors (Lipinski definition) is 2. The lowest BCUT2D eigenvalue weighted by Crippen LogP contribution is -2.40. The maximum atomic E-state index is 6.22. The number of anilines is 1. The van der Waals surface area contributed by atoms with Crippen LogP contribution in [0.3, 0.4) is 0 Å². The molecule has 1 unspecified atom stereocenters. The predicted molar refractivity (Wildman–Crippen MR) is 74.4 cm³/mol. The molecule has 0 aromatic heterocycles. The molecule has 0 saturated heterocycles. The second-order valence-electron chi connectivity index (χ2n) is 5.57. The van der Waals surface area contributed by atoms with E-state index in [2.05, 4.69) is 43.0 Å². The molecule has 94 valence electrons. The highest BCUT2D eigenvalue weighted by atomic mass is 15.1. The average molecular weight is 232 g/mol. The fraction of sp³-hybridized carbons (Fsp3) is 0.600. The van der Waals surface area contributed by atoms with Crippen molar-refractivity contribution in [3.05, 3.63) is 29.8 Å². The van der Waals surface area contributed by atoms with Gasteiger partial charge >= 0.3 is 0 Å². The molecule has 0 spiro atoms. The van der Waals surface area contributed by atoms with Crippen LogP contribution in [-0.2, 0) is 6.42 Å². The van der Waals surface area contributed by atoms with E-state index in [0.717, 1.165) is 19.5 Å². The van der Waals surface area contributed by atoms with Crippen molar-refractivity contribution in [2.75, 3.05) is 18.0 Å². The van der Waals surface area contributed by atoms with Crippen LogP contribution in [0.1, 0.15) is 32.3 Å². The highest BCUT2D eigenvalue weighted by Crippen LogP contribution is 2.26. The zero-order chi connectivity index (χ0) is 12.3. The molecule has 17 heavy (non-hydrogen) atoms. The third kappa shape index (κ3) is 3.22. The van der Waals surface area contributed by atoms with Crippen LogP contribution in [0.15, 0.2) is 24.3 Å². The Bertz CT molecular complexity index is 360. The molecular formula is C15H24N2. The molecular weight excluding hydrogens is 208 g/mol. The second-order valence-corrected chi connectivity index (χ2v) is 5.57. The van der Waals surface area contributed by atoms with Gasteiger partial charge in [0.1, 0.15) is 0 Å². The highest BCUT2D eigenvalue weighted by molar-refractivity contribution is 5.55. The van der Waals surface area contributed by atoms with Crippen LogP contribution in [0.25, 0.3) is 0 Å². The summed E-state index contributed by atoms with van der Waals surface area (Å²) in [6.07, 6.45) is 3.58. The Balaban J connectivity index is 2.03. The number of aryl methyl sites for hydroxylation is 1. The van der Waals surface area contributed by atoms with E-state index >= 15 is 0 Å². The van der Waals surface area contributed by atoms with Gasteiger partial charge in [-0.25, -0.2) is 0 Å². The topological polar surface area (TPSA) is 29.3 Å². The molecule has 1 heterocycles. The van der Waals surface area contributed by atoms with Gasteiger partial charge in [-0.3, -0.25) is 0 Å². The number of para-hydroxylation sites is 1. The Labute approximate surface area is 105 Å². The molecule has 0 aliphatic carbocycles. The predicted octanol–water partition coefficient (Wildman–Crippen LogP) is 2.81. The van der Waals surface area contributed by atoms with E-state index < -0.39 is 0 Å². The number of benzene rings is 1. The Morgan fingerprint density at radius 1 is 1.29 bits per heavy atom. The SMILES string of the molecule is CC(C)CC(N)CN1CCCc2ccccc21. The zero-order valence-corrected chi connectivity index (χ0v) is 11.0. The minimum Gasteiger partial charge on any atom is -0.370 e. The van der Waals surface area contributed by atoms with Gasteiger partial charge < -0.3 is 10.6 Å². The van der Waals surface area contributed by atoms with Crippen molar-refractivity contribution in [3.8, 4) is 0 Å². The summed E-state index contributed by atoms with van der Waals surface area (Å²) in [6, 6.07) is 9.04. The van der Waals surface area contributed by atoms with Crippen LogP contribution < -0.4 is 10.6 Å². The van der Waals surface area contributed by atoms with Crippen LogP contribution in [-0.4, -0.2) is 19.1 Å².